The van der Waals surface area contributed by atoms with E-state index in [-0.39, 0.29) is 17.4 Å². The zero-order valence-corrected chi connectivity index (χ0v) is 9.56. The molecule has 15 heavy (non-hydrogen) atoms. The van der Waals surface area contributed by atoms with E-state index < -0.39 is 0 Å². The number of rotatable bonds is 5. The molecule has 0 aliphatic heterocycles. The summed E-state index contributed by atoms with van der Waals surface area (Å²) in [7, 11) is 1.51. The summed E-state index contributed by atoms with van der Waals surface area (Å²) in [5.74, 6) is 0.268. The molecular formula is C11H17NO3. The average Bonchev–Trinajstić information content (AvgIpc) is 2.66. The van der Waals surface area contributed by atoms with Gasteiger partial charge in [-0.2, -0.15) is 0 Å². The summed E-state index contributed by atoms with van der Waals surface area (Å²) in [6.45, 7) is 6.50. The number of carbonyl (C=O) groups excluding carboxylic acids is 1. The van der Waals surface area contributed by atoms with Crippen LogP contribution in [0.1, 0.15) is 20.8 Å². The summed E-state index contributed by atoms with van der Waals surface area (Å²) in [6, 6.07) is 0. The summed E-state index contributed by atoms with van der Waals surface area (Å²) in [4.78, 5) is 14.9. The highest BCUT2D eigenvalue weighted by atomic mass is 16.6. The summed E-state index contributed by atoms with van der Waals surface area (Å²) in [6.07, 6.45) is 3.87. The zero-order valence-electron chi connectivity index (χ0n) is 9.56. The van der Waals surface area contributed by atoms with Gasteiger partial charge in [-0.05, 0) is 13.0 Å². The van der Waals surface area contributed by atoms with Crippen molar-refractivity contribution in [2.75, 3.05) is 7.11 Å². The van der Waals surface area contributed by atoms with Crippen LogP contribution in [0.4, 0.5) is 0 Å². The first-order chi connectivity index (χ1) is 7.04. The Bertz CT molecular complexity index is 294. The van der Waals surface area contributed by atoms with E-state index in [0.29, 0.717) is 6.47 Å². The normalized spacial score (nSPS) is 28.9. The van der Waals surface area contributed by atoms with Crippen molar-refractivity contribution in [2.45, 2.75) is 26.9 Å². The molecule has 4 nitrogen and oxygen atoms in total. The molecule has 1 aliphatic rings. The fourth-order valence-corrected chi connectivity index (χ4v) is 1.72. The monoisotopic (exact) mass is 211 g/mol. The SMILES string of the molecule is CON=C(C)C=CC1C(OC=O)C1(C)C. The van der Waals surface area contributed by atoms with Crippen LogP contribution in [0.5, 0.6) is 0 Å². The average molecular weight is 211 g/mol. The molecule has 0 bridgehead atoms. The molecule has 0 N–H and O–H groups in total. The van der Waals surface area contributed by atoms with Gasteiger partial charge in [0.25, 0.3) is 6.47 Å². The fraction of sp³-hybridized carbons (Fsp3) is 0.636. The lowest BCUT2D eigenvalue weighted by molar-refractivity contribution is -0.130. The Labute approximate surface area is 89.9 Å². The van der Waals surface area contributed by atoms with E-state index in [1.54, 1.807) is 0 Å². The molecule has 0 spiro atoms. The Hall–Kier alpha value is -1.32. The van der Waals surface area contributed by atoms with Gasteiger partial charge >= 0.3 is 0 Å². The molecule has 0 saturated heterocycles. The molecule has 0 radical (unpaired) electrons. The number of nitrogens with zero attached hydrogens (tertiary/aromatic N) is 1. The molecule has 2 atom stereocenters. The second-order valence-corrected chi connectivity index (χ2v) is 4.27. The molecule has 1 fully saturated rings. The van der Waals surface area contributed by atoms with Crippen LogP contribution in [-0.4, -0.2) is 25.4 Å². The molecule has 1 aliphatic carbocycles. The standard InChI is InChI=1S/C11H17NO3/c1-8(12-14-4)5-6-9-10(15-7-13)11(9,2)3/h5-7,9-10H,1-4H3. The van der Waals surface area contributed by atoms with Gasteiger partial charge in [-0.15, -0.1) is 0 Å². The minimum Gasteiger partial charge on any atom is -0.463 e. The number of oxime groups is 1. The van der Waals surface area contributed by atoms with E-state index in [1.165, 1.54) is 7.11 Å². The van der Waals surface area contributed by atoms with Crippen LogP contribution in [0, 0.1) is 11.3 Å². The lowest BCUT2D eigenvalue weighted by Crippen LogP contribution is -1.98. The molecule has 0 aromatic rings. The molecule has 1 rings (SSSR count). The van der Waals surface area contributed by atoms with Gasteiger partial charge in [-0.1, -0.05) is 25.1 Å². The number of hydrogen-bond acceptors (Lipinski definition) is 4. The van der Waals surface area contributed by atoms with Crippen LogP contribution in [0.25, 0.3) is 0 Å². The van der Waals surface area contributed by atoms with Crippen LogP contribution in [0.2, 0.25) is 0 Å². The van der Waals surface area contributed by atoms with Crippen molar-refractivity contribution >= 4 is 12.2 Å². The molecule has 84 valence electrons. The fourth-order valence-electron chi connectivity index (χ4n) is 1.72. The van der Waals surface area contributed by atoms with Gasteiger partial charge in [0.1, 0.15) is 13.2 Å². The van der Waals surface area contributed by atoms with Crippen LogP contribution >= 0.6 is 0 Å². The Morgan fingerprint density at radius 3 is 2.67 bits per heavy atom. The minimum absolute atomic E-state index is 0.0124. The molecule has 0 amide bonds. The van der Waals surface area contributed by atoms with Gasteiger partial charge in [0.05, 0.1) is 5.71 Å². The topological polar surface area (TPSA) is 47.9 Å². The Morgan fingerprint density at radius 2 is 2.13 bits per heavy atom. The van der Waals surface area contributed by atoms with Crippen molar-refractivity contribution < 1.29 is 14.4 Å². The molecule has 0 heterocycles. The quantitative estimate of drug-likeness (QED) is 0.395. The summed E-state index contributed by atoms with van der Waals surface area (Å²) in [5, 5.41) is 3.76. The largest absolute Gasteiger partial charge is 0.463 e. The first kappa shape index (κ1) is 11.8. The minimum atomic E-state index is -0.0124. The van der Waals surface area contributed by atoms with Crippen LogP contribution in [-0.2, 0) is 14.4 Å². The Morgan fingerprint density at radius 1 is 1.47 bits per heavy atom. The third-order valence-corrected chi connectivity index (χ3v) is 2.79. The number of ether oxygens (including phenoxy) is 1. The van der Waals surface area contributed by atoms with E-state index in [9.17, 15) is 4.79 Å². The first-order valence-electron chi connectivity index (χ1n) is 4.89. The lowest BCUT2D eigenvalue weighted by atomic mass is 10.1. The third kappa shape index (κ3) is 2.58. The Balaban J connectivity index is 2.54. The molecule has 0 aromatic carbocycles. The summed E-state index contributed by atoms with van der Waals surface area (Å²) in [5.41, 5.74) is 0.829. The van der Waals surface area contributed by atoms with Crippen LogP contribution in [0.15, 0.2) is 17.3 Å². The van der Waals surface area contributed by atoms with Crippen molar-refractivity contribution in [3.63, 3.8) is 0 Å². The number of allylic oxidation sites excluding steroid dienone is 1. The van der Waals surface area contributed by atoms with Crippen molar-refractivity contribution in [2.24, 2.45) is 16.5 Å². The second-order valence-electron chi connectivity index (χ2n) is 4.27. The number of hydrogen-bond donors (Lipinski definition) is 0. The molecule has 0 aromatic heterocycles. The van der Waals surface area contributed by atoms with Gasteiger partial charge in [-0.25, -0.2) is 0 Å². The molecule has 2 unspecified atom stereocenters. The maximum atomic E-state index is 10.2. The van der Waals surface area contributed by atoms with E-state index in [0.717, 1.165) is 5.71 Å². The second kappa shape index (κ2) is 4.47. The van der Waals surface area contributed by atoms with Crippen molar-refractivity contribution in [3.8, 4) is 0 Å². The third-order valence-electron chi connectivity index (χ3n) is 2.79. The van der Waals surface area contributed by atoms with E-state index in [2.05, 4.69) is 23.8 Å². The highest BCUT2D eigenvalue weighted by molar-refractivity contribution is 5.92. The molecular weight excluding hydrogens is 194 g/mol. The predicted molar refractivity (Wildman–Crippen MR) is 57.5 cm³/mol. The highest BCUT2D eigenvalue weighted by Gasteiger charge is 2.58. The van der Waals surface area contributed by atoms with Crippen molar-refractivity contribution in [1.29, 1.82) is 0 Å². The highest BCUT2D eigenvalue weighted by Crippen LogP contribution is 2.54. The number of carbonyl (C=O) groups is 1. The van der Waals surface area contributed by atoms with Gasteiger partial charge in [0, 0.05) is 11.3 Å². The van der Waals surface area contributed by atoms with Crippen molar-refractivity contribution in [1.82, 2.24) is 0 Å². The maximum absolute atomic E-state index is 10.2. The van der Waals surface area contributed by atoms with E-state index >= 15 is 0 Å². The first-order valence-corrected chi connectivity index (χ1v) is 4.89. The van der Waals surface area contributed by atoms with Gasteiger partial charge in [-0.3, -0.25) is 4.79 Å². The van der Waals surface area contributed by atoms with Gasteiger partial charge in [0.2, 0.25) is 0 Å². The van der Waals surface area contributed by atoms with Gasteiger partial charge in [0.15, 0.2) is 0 Å². The zero-order chi connectivity index (χ0) is 11.5. The van der Waals surface area contributed by atoms with E-state index in [1.807, 2.05) is 19.1 Å². The lowest BCUT2D eigenvalue weighted by Gasteiger charge is -1.97. The maximum Gasteiger partial charge on any atom is 0.293 e. The van der Waals surface area contributed by atoms with Crippen LogP contribution < -0.4 is 0 Å². The smallest absolute Gasteiger partial charge is 0.293 e. The van der Waals surface area contributed by atoms with Crippen molar-refractivity contribution in [3.05, 3.63) is 12.2 Å². The Kier molecular flexibility index (Phi) is 3.50. The predicted octanol–water partition coefficient (Wildman–Crippen LogP) is 1.76. The molecule has 4 heteroatoms. The van der Waals surface area contributed by atoms with Crippen LogP contribution in [0.3, 0.4) is 0 Å². The molecule has 1 saturated carbocycles. The van der Waals surface area contributed by atoms with Gasteiger partial charge < -0.3 is 9.57 Å². The van der Waals surface area contributed by atoms with E-state index in [4.69, 9.17) is 4.74 Å². The summed E-state index contributed by atoms with van der Waals surface area (Å²) >= 11 is 0. The summed E-state index contributed by atoms with van der Waals surface area (Å²) < 4.78 is 4.97.